The molecule has 51 heavy (non-hydrogen) atoms. The van der Waals surface area contributed by atoms with Gasteiger partial charge in [-0.15, -0.1) is 11.3 Å². The third kappa shape index (κ3) is 4.39. The van der Waals surface area contributed by atoms with Crippen LogP contribution in [0.3, 0.4) is 0 Å². The zero-order valence-corrected chi connectivity index (χ0v) is 30.0. The maximum absolute atomic E-state index is 4.05. The van der Waals surface area contributed by atoms with Gasteiger partial charge in [0, 0.05) is 37.1 Å². The summed E-state index contributed by atoms with van der Waals surface area (Å²) < 4.78 is 2.67. The second-order valence-corrected chi connectivity index (χ2v) is 16.8. The van der Waals surface area contributed by atoms with E-state index in [1.807, 2.05) is 11.3 Å². The quantitative estimate of drug-likeness (QED) is 0.195. The van der Waals surface area contributed by atoms with Gasteiger partial charge in [-0.2, -0.15) is 0 Å². The topological polar surface area (TPSA) is 12.0 Å². The molecule has 0 saturated heterocycles. The molecule has 1 spiro atoms. The molecule has 4 aliphatic rings. The third-order valence-electron chi connectivity index (χ3n) is 13.1. The average Bonchev–Trinajstić information content (AvgIpc) is 3.83. The SMILES string of the molecule is c1ccc2c(c1)-c1c(Nc3cccc4sc5ccccc5c34)cccc1C21c2cc(C3CCCCC3)ccc2-c2ccc(C3CCCCC3)cc21. The molecule has 0 aliphatic heterocycles. The van der Waals surface area contributed by atoms with Crippen molar-refractivity contribution in [2.75, 3.05) is 5.32 Å². The first-order valence-electron chi connectivity index (χ1n) is 19.5. The smallest absolute Gasteiger partial charge is 0.0726 e. The van der Waals surface area contributed by atoms with Crippen LogP contribution >= 0.6 is 11.3 Å². The van der Waals surface area contributed by atoms with E-state index in [1.54, 1.807) is 11.1 Å². The lowest BCUT2D eigenvalue weighted by atomic mass is 9.69. The van der Waals surface area contributed by atoms with Crippen molar-refractivity contribution in [3.05, 3.63) is 155 Å². The fourth-order valence-corrected chi connectivity index (χ4v) is 11.9. The summed E-state index contributed by atoms with van der Waals surface area (Å²) >= 11 is 1.89. The Kier molecular flexibility index (Phi) is 6.88. The van der Waals surface area contributed by atoms with E-state index in [9.17, 15) is 0 Å². The van der Waals surface area contributed by atoms with Gasteiger partial charge in [-0.1, -0.05) is 136 Å². The molecule has 0 bridgehead atoms. The highest BCUT2D eigenvalue weighted by atomic mass is 32.1. The van der Waals surface area contributed by atoms with Crippen LogP contribution in [0.4, 0.5) is 11.4 Å². The molecule has 1 heterocycles. The van der Waals surface area contributed by atoms with Crippen LogP contribution in [0.2, 0.25) is 0 Å². The average molecular weight is 678 g/mol. The van der Waals surface area contributed by atoms with Crippen molar-refractivity contribution < 1.29 is 0 Å². The molecular formula is C49H43NS. The molecule has 1 nitrogen and oxygen atoms in total. The highest BCUT2D eigenvalue weighted by Gasteiger charge is 2.52. The molecular weight excluding hydrogens is 635 g/mol. The lowest BCUT2D eigenvalue weighted by molar-refractivity contribution is 0.443. The molecule has 0 unspecified atom stereocenters. The van der Waals surface area contributed by atoms with Crippen LogP contribution in [-0.4, -0.2) is 0 Å². The van der Waals surface area contributed by atoms with Crippen LogP contribution in [0.15, 0.2) is 121 Å². The Morgan fingerprint density at radius 2 is 1.06 bits per heavy atom. The fraction of sp³-hybridized carbons (Fsp3) is 0.265. The number of thiophene rings is 1. The first-order valence-corrected chi connectivity index (χ1v) is 20.3. The Morgan fingerprint density at radius 1 is 0.471 bits per heavy atom. The lowest BCUT2D eigenvalue weighted by Crippen LogP contribution is -2.26. The highest BCUT2D eigenvalue weighted by Crippen LogP contribution is 2.65. The van der Waals surface area contributed by atoms with Gasteiger partial charge in [0.2, 0.25) is 0 Å². The Bertz CT molecular complexity index is 2420. The predicted octanol–water partition coefficient (Wildman–Crippen LogP) is 14.2. The molecule has 1 aromatic heterocycles. The monoisotopic (exact) mass is 677 g/mol. The Morgan fingerprint density at radius 3 is 1.78 bits per heavy atom. The summed E-state index contributed by atoms with van der Waals surface area (Å²) in [7, 11) is 0. The van der Waals surface area contributed by atoms with Crippen molar-refractivity contribution in [1.29, 1.82) is 0 Å². The van der Waals surface area contributed by atoms with Crippen LogP contribution in [0.25, 0.3) is 42.4 Å². The lowest BCUT2D eigenvalue weighted by Gasteiger charge is -2.32. The number of rotatable bonds is 4. The van der Waals surface area contributed by atoms with Crippen molar-refractivity contribution >= 4 is 42.9 Å². The van der Waals surface area contributed by atoms with Gasteiger partial charge >= 0.3 is 0 Å². The fourth-order valence-electron chi connectivity index (χ4n) is 10.8. The minimum absolute atomic E-state index is 0.343. The zero-order chi connectivity index (χ0) is 33.5. The van der Waals surface area contributed by atoms with Gasteiger partial charge in [-0.3, -0.25) is 0 Å². The molecule has 250 valence electrons. The van der Waals surface area contributed by atoms with Crippen molar-refractivity contribution in [1.82, 2.24) is 0 Å². The van der Waals surface area contributed by atoms with Crippen molar-refractivity contribution in [3.8, 4) is 22.3 Å². The molecule has 6 aromatic carbocycles. The third-order valence-corrected chi connectivity index (χ3v) is 14.2. The number of benzene rings is 6. The zero-order valence-electron chi connectivity index (χ0n) is 29.2. The molecule has 2 fully saturated rings. The number of hydrogen-bond acceptors (Lipinski definition) is 2. The van der Waals surface area contributed by atoms with Gasteiger partial charge < -0.3 is 5.32 Å². The van der Waals surface area contributed by atoms with E-state index in [1.165, 1.54) is 140 Å². The second-order valence-electron chi connectivity index (χ2n) is 15.7. The molecule has 11 rings (SSSR count). The van der Waals surface area contributed by atoms with E-state index in [0.29, 0.717) is 11.8 Å². The van der Waals surface area contributed by atoms with E-state index in [-0.39, 0.29) is 5.41 Å². The van der Waals surface area contributed by atoms with Crippen LogP contribution in [0.1, 0.15) is 109 Å². The van der Waals surface area contributed by atoms with Crippen LogP contribution in [0, 0.1) is 0 Å². The molecule has 0 atom stereocenters. The maximum atomic E-state index is 4.05. The predicted molar refractivity (Wildman–Crippen MR) is 217 cm³/mol. The summed E-state index contributed by atoms with van der Waals surface area (Å²) in [4.78, 5) is 0. The number of fused-ring (bicyclic) bond motifs is 13. The summed E-state index contributed by atoms with van der Waals surface area (Å²) in [6.07, 6.45) is 13.4. The van der Waals surface area contributed by atoms with Crippen LogP contribution < -0.4 is 5.32 Å². The van der Waals surface area contributed by atoms with Crippen LogP contribution in [-0.2, 0) is 5.41 Å². The summed E-state index contributed by atoms with van der Waals surface area (Å²) in [5.74, 6) is 1.32. The normalized spacial score (nSPS) is 17.8. The molecule has 0 radical (unpaired) electrons. The van der Waals surface area contributed by atoms with Crippen molar-refractivity contribution in [3.63, 3.8) is 0 Å². The number of nitrogens with one attached hydrogen (secondary N) is 1. The highest BCUT2D eigenvalue weighted by molar-refractivity contribution is 7.26. The minimum atomic E-state index is -0.343. The van der Waals surface area contributed by atoms with Gasteiger partial charge in [0.15, 0.2) is 0 Å². The Labute approximate surface area is 305 Å². The van der Waals surface area contributed by atoms with Crippen LogP contribution in [0.5, 0.6) is 0 Å². The molecule has 7 aromatic rings. The van der Waals surface area contributed by atoms with Crippen molar-refractivity contribution in [2.24, 2.45) is 0 Å². The molecule has 1 N–H and O–H groups in total. The number of anilines is 2. The molecule has 2 saturated carbocycles. The summed E-state index contributed by atoms with van der Waals surface area (Å²) in [6.45, 7) is 0. The minimum Gasteiger partial charge on any atom is -0.354 e. The largest absolute Gasteiger partial charge is 0.354 e. The second kappa shape index (κ2) is 11.7. The van der Waals surface area contributed by atoms with Gasteiger partial charge in [-0.25, -0.2) is 0 Å². The molecule has 4 aliphatic carbocycles. The first-order chi connectivity index (χ1) is 25.3. The van der Waals surface area contributed by atoms with E-state index in [4.69, 9.17) is 0 Å². The summed E-state index contributed by atoms with van der Waals surface area (Å²) in [5.41, 5.74) is 16.6. The van der Waals surface area contributed by atoms with Gasteiger partial charge in [0.25, 0.3) is 0 Å². The number of hydrogen-bond donors (Lipinski definition) is 1. The van der Waals surface area contributed by atoms with Gasteiger partial charge in [0.1, 0.15) is 0 Å². The van der Waals surface area contributed by atoms with E-state index in [0.717, 1.165) is 0 Å². The summed E-state index contributed by atoms with van der Waals surface area (Å²) in [6, 6.07) is 47.4. The standard InChI is InChI=1S/C49H43NS/c1-3-13-31(14-4-1)33-25-27-35-36-28-26-34(32-15-5-2-6-16-32)30-42(36)49(41(35)29-33)39-19-9-7-17-37(39)47-40(49)20-11-21-43(47)50-44-22-12-24-46-48(44)38-18-8-10-23-45(38)51-46/h7-12,17-32,50H,1-6,13-16H2. The molecule has 2 heteroatoms. The van der Waals surface area contributed by atoms with Gasteiger partial charge in [0.05, 0.1) is 5.41 Å². The van der Waals surface area contributed by atoms with E-state index >= 15 is 0 Å². The molecule has 0 amide bonds. The van der Waals surface area contributed by atoms with E-state index < -0.39 is 0 Å². The Balaban J connectivity index is 1.16. The van der Waals surface area contributed by atoms with Gasteiger partial charge in [-0.05, 0) is 112 Å². The maximum Gasteiger partial charge on any atom is 0.0726 e. The summed E-state index contributed by atoms with van der Waals surface area (Å²) in [5, 5.41) is 6.70. The van der Waals surface area contributed by atoms with E-state index in [2.05, 4.69) is 127 Å². The van der Waals surface area contributed by atoms with Crippen molar-refractivity contribution in [2.45, 2.75) is 81.5 Å². The first kappa shape index (κ1) is 30.0. The Hall–Kier alpha value is -4.66.